The van der Waals surface area contributed by atoms with Gasteiger partial charge < -0.3 is 10.6 Å². The predicted molar refractivity (Wildman–Crippen MR) is 87.6 cm³/mol. The van der Waals surface area contributed by atoms with Crippen LogP contribution in [-0.2, 0) is 7.05 Å². The molecule has 0 bridgehead atoms. The third-order valence-corrected chi connectivity index (χ3v) is 3.59. The first kappa shape index (κ1) is 13.2. The summed E-state index contributed by atoms with van der Waals surface area (Å²) in [5.41, 5.74) is 10.2. The minimum atomic E-state index is 0.653. The second kappa shape index (κ2) is 5.32. The molecule has 0 atom stereocenters. The highest BCUT2D eigenvalue weighted by atomic mass is 15.3. The number of rotatable bonds is 3. The van der Waals surface area contributed by atoms with Gasteiger partial charge in [0.15, 0.2) is 0 Å². The Hall–Kier alpha value is -2.75. The molecule has 0 aliphatic rings. The fourth-order valence-corrected chi connectivity index (χ4v) is 2.43. The number of para-hydroxylation sites is 1. The molecule has 106 valence electrons. The topological polar surface area (TPSA) is 47.1 Å². The summed E-state index contributed by atoms with van der Waals surface area (Å²) in [6.45, 7) is 0. The van der Waals surface area contributed by atoms with E-state index in [0.29, 0.717) is 5.82 Å². The molecule has 0 fully saturated rings. The summed E-state index contributed by atoms with van der Waals surface area (Å²) in [6.07, 6.45) is 0. The first-order chi connectivity index (χ1) is 10.2. The van der Waals surface area contributed by atoms with Crippen molar-refractivity contribution in [2.24, 2.45) is 7.05 Å². The Kier molecular flexibility index (Phi) is 3.36. The summed E-state index contributed by atoms with van der Waals surface area (Å²) in [5, 5.41) is 4.58. The lowest BCUT2D eigenvalue weighted by molar-refractivity contribution is 0.782. The van der Waals surface area contributed by atoms with Crippen molar-refractivity contribution in [1.82, 2.24) is 9.78 Å². The average molecular weight is 278 g/mol. The molecule has 0 spiro atoms. The number of hydrogen-bond donors (Lipinski definition) is 1. The number of nitrogen functional groups attached to an aromatic ring is 1. The van der Waals surface area contributed by atoms with Gasteiger partial charge in [-0.05, 0) is 12.1 Å². The molecule has 1 aromatic heterocycles. The summed E-state index contributed by atoms with van der Waals surface area (Å²) in [7, 11) is 3.87. The van der Waals surface area contributed by atoms with Crippen LogP contribution < -0.4 is 10.6 Å². The van der Waals surface area contributed by atoms with Crippen molar-refractivity contribution in [2.75, 3.05) is 17.7 Å². The predicted octanol–water partition coefficient (Wildman–Crippen LogP) is 3.44. The number of aromatic nitrogens is 2. The maximum Gasteiger partial charge on any atom is 0.146 e. The quantitative estimate of drug-likeness (QED) is 0.798. The standard InChI is InChI=1S/C17H18N4/c1-20(14-11-7-4-8-12-14)16-15(19-21(2)17(16)18)13-9-5-3-6-10-13/h3-12H,18H2,1-2H3. The molecule has 0 radical (unpaired) electrons. The van der Waals surface area contributed by atoms with Gasteiger partial charge in [-0.25, -0.2) is 0 Å². The zero-order valence-corrected chi connectivity index (χ0v) is 12.2. The highest BCUT2D eigenvalue weighted by Crippen LogP contribution is 2.37. The van der Waals surface area contributed by atoms with Gasteiger partial charge in [0.25, 0.3) is 0 Å². The van der Waals surface area contributed by atoms with E-state index >= 15 is 0 Å². The lowest BCUT2D eigenvalue weighted by Crippen LogP contribution is -2.12. The maximum atomic E-state index is 6.24. The van der Waals surface area contributed by atoms with Gasteiger partial charge in [0.1, 0.15) is 17.2 Å². The molecule has 0 saturated carbocycles. The second-order valence-electron chi connectivity index (χ2n) is 4.97. The number of nitrogens with two attached hydrogens (primary N) is 1. The highest BCUT2D eigenvalue weighted by Gasteiger charge is 2.19. The molecule has 2 N–H and O–H groups in total. The minimum absolute atomic E-state index is 0.653. The molecule has 0 amide bonds. The van der Waals surface area contributed by atoms with E-state index < -0.39 is 0 Å². The minimum Gasteiger partial charge on any atom is -0.382 e. The second-order valence-corrected chi connectivity index (χ2v) is 4.97. The van der Waals surface area contributed by atoms with Crippen molar-refractivity contribution in [1.29, 1.82) is 0 Å². The zero-order chi connectivity index (χ0) is 14.8. The third kappa shape index (κ3) is 2.36. The van der Waals surface area contributed by atoms with Crippen LogP contribution in [-0.4, -0.2) is 16.8 Å². The fourth-order valence-electron chi connectivity index (χ4n) is 2.43. The molecule has 1 heterocycles. The van der Waals surface area contributed by atoms with Crippen molar-refractivity contribution in [3.8, 4) is 11.3 Å². The summed E-state index contributed by atoms with van der Waals surface area (Å²) in [6, 6.07) is 20.2. The largest absolute Gasteiger partial charge is 0.382 e. The summed E-state index contributed by atoms with van der Waals surface area (Å²) in [4.78, 5) is 2.07. The Morgan fingerprint density at radius 2 is 1.52 bits per heavy atom. The van der Waals surface area contributed by atoms with Crippen molar-refractivity contribution in [2.45, 2.75) is 0 Å². The molecule has 4 heteroatoms. The number of benzene rings is 2. The van der Waals surface area contributed by atoms with Crippen LogP contribution in [0.5, 0.6) is 0 Å². The Bertz CT molecular complexity index is 732. The molecule has 21 heavy (non-hydrogen) atoms. The van der Waals surface area contributed by atoms with Crippen LogP contribution in [0.15, 0.2) is 60.7 Å². The third-order valence-electron chi connectivity index (χ3n) is 3.59. The van der Waals surface area contributed by atoms with E-state index in [0.717, 1.165) is 22.6 Å². The molecule has 0 aliphatic carbocycles. The van der Waals surface area contributed by atoms with E-state index in [-0.39, 0.29) is 0 Å². The van der Waals surface area contributed by atoms with E-state index in [4.69, 9.17) is 5.73 Å². The summed E-state index contributed by atoms with van der Waals surface area (Å²) in [5.74, 6) is 0.653. The van der Waals surface area contributed by atoms with Crippen LogP contribution >= 0.6 is 0 Å². The van der Waals surface area contributed by atoms with Crippen LogP contribution in [0.2, 0.25) is 0 Å². The highest BCUT2D eigenvalue weighted by molar-refractivity contribution is 5.86. The molecular weight excluding hydrogens is 260 g/mol. The number of anilines is 3. The van der Waals surface area contributed by atoms with Crippen LogP contribution in [0.4, 0.5) is 17.2 Å². The fraction of sp³-hybridized carbons (Fsp3) is 0.118. The van der Waals surface area contributed by atoms with Gasteiger partial charge in [0, 0.05) is 25.3 Å². The van der Waals surface area contributed by atoms with Crippen molar-refractivity contribution in [3.05, 3.63) is 60.7 Å². The maximum absolute atomic E-state index is 6.24. The lowest BCUT2D eigenvalue weighted by Gasteiger charge is -2.20. The molecule has 3 rings (SSSR count). The van der Waals surface area contributed by atoms with Gasteiger partial charge in [-0.1, -0.05) is 48.5 Å². The van der Waals surface area contributed by atoms with Crippen molar-refractivity contribution < 1.29 is 0 Å². The smallest absolute Gasteiger partial charge is 0.146 e. The number of nitrogens with zero attached hydrogens (tertiary/aromatic N) is 3. The van der Waals surface area contributed by atoms with E-state index in [1.807, 2.05) is 62.6 Å². The van der Waals surface area contributed by atoms with Gasteiger partial charge in [-0.3, -0.25) is 4.68 Å². The van der Waals surface area contributed by atoms with E-state index in [1.54, 1.807) is 4.68 Å². The van der Waals surface area contributed by atoms with E-state index in [9.17, 15) is 0 Å². The van der Waals surface area contributed by atoms with Gasteiger partial charge in [-0.15, -0.1) is 0 Å². The molecule has 3 aromatic rings. The first-order valence-electron chi connectivity index (χ1n) is 6.85. The van der Waals surface area contributed by atoms with Crippen LogP contribution in [0.3, 0.4) is 0 Å². The Morgan fingerprint density at radius 3 is 2.14 bits per heavy atom. The van der Waals surface area contributed by atoms with Crippen LogP contribution in [0.25, 0.3) is 11.3 Å². The summed E-state index contributed by atoms with van der Waals surface area (Å²) >= 11 is 0. The van der Waals surface area contributed by atoms with Gasteiger partial charge in [-0.2, -0.15) is 5.10 Å². The normalized spacial score (nSPS) is 10.6. The van der Waals surface area contributed by atoms with Crippen molar-refractivity contribution >= 4 is 17.2 Å². The van der Waals surface area contributed by atoms with Gasteiger partial charge in [0.2, 0.25) is 0 Å². The van der Waals surface area contributed by atoms with E-state index in [1.165, 1.54) is 0 Å². The molecule has 4 nitrogen and oxygen atoms in total. The Balaban J connectivity index is 2.14. The molecule has 0 saturated heterocycles. The molecule has 2 aromatic carbocycles. The summed E-state index contributed by atoms with van der Waals surface area (Å²) < 4.78 is 1.72. The van der Waals surface area contributed by atoms with Crippen LogP contribution in [0, 0.1) is 0 Å². The Morgan fingerprint density at radius 1 is 0.952 bits per heavy atom. The van der Waals surface area contributed by atoms with Crippen LogP contribution in [0.1, 0.15) is 0 Å². The zero-order valence-electron chi connectivity index (χ0n) is 12.2. The number of aryl methyl sites for hydroxylation is 1. The number of hydrogen-bond acceptors (Lipinski definition) is 3. The Labute approximate surface area is 124 Å². The van der Waals surface area contributed by atoms with Gasteiger partial charge in [0.05, 0.1) is 0 Å². The SMILES string of the molecule is CN(c1ccccc1)c1c(-c2ccccc2)nn(C)c1N. The van der Waals surface area contributed by atoms with Gasteiger partial charge >= 0.3 is 0 Å². The van der Waals surface area contributed by atoms with Crippen molar-refractivity contribution in [3.63, 3.8) is 0 Å². The average Bonchev–Trinajstić information content (AvgIpc) is 2.84. The molecular formula is C17H18N4. The molecule has 0 aliphatic heterocycles. The van der Waals surface area contributed by atoms with E-state index in [2.05, 4.69) is 22.1 Å². The monoisotopic (exact) mass is 278 g/mol. The molecule has 0 unspecified atom stereocenters. The lowest BCUT2D eigenvalue weighted by atomic mass is 10.1. The first-order valence-corrected chi connectivity index (χ1v) is 6.85.